The third kappa shape index (κ3) is 2.43. The molecule has 1 amide bonds. The second kappa shape index (κ2) is 5.96. The molecule has 1 N–H and O–H groups in total. The Morgan fingerprint density at radius 2 is 1.88 bits per heavy atom. The molecule has 2 heterocycles. The fraction of sp³-hybridized carbons (Fsp3) is 0.368. The number of aromatic nitrogens is 1. The van der Waals surface area contributed by atoms with E-state index >= 15 is 0 Å². The van der Waals surface area contributed by atoms with Gasteiger partial charge in [-0.2, -0.15) is 0 Å². The van der Waals surface area contributed by atoms with E-state index in [9.17, 15) is 14.7 Å². The number of carbonyl (C=O) groups excluding carboxylic acids is 1. The van der Waals surface area contributed by atoms with Crippen LogP contribution < -0.4 is 10.2 Å². The number of fused-ring (bicyclic) bond motifs is 2. The van der Waals surface area contributed by atoms with E-state index < -0.39 is 17.7 Å². The van der Waals surface area contributed by atoms with Gasteiger partial charge in [0, 0.05) is 26.4 Å². The van der Waals surface area contributed by atoms with Gasteiger partial charge in [0.1, 0.15) is 6.61 Å². The van der Waals surface area contributed by atoms with Gasteiger partial charge in [0.05, 0.1) is 5.54 Å². The lowest BCUT2D eigenvalue weighted by Crippen LogP contribution is -2.60. The van der Waals surface area contributed by atoms with Crippen LogP contribution in [0.3, 0.4) is 0 Å². The molecule has 2 aliphatic rings. The molecule has 4 rings (SSSR count). The summed E-state index contributed by atoms with van der Waals surface area (Å²) in [5.74, 6) is -0.410. The molecule has 1 atom stereocenters. The lowest BCUT2D eigenvalue weighted by molar-refractivity contribution is -0.125. The predicted molar refractivity (Wildman–Crippen MR) is 94.5 cm³/mol. The number of hydrazine groups is 1. The molecule has 0 saturated heterocycles. The van der Waals surface area contributed by atoms with Crippen molar-refractivity contribution < 1.29 is 14.6 Å². The third-order valence-corrected chi connectivity index (χ3v) is 5.08. The first-order valence-corrected chi connectivity index (χ1v) is 8.57. The topological polar surface area (TPSA) is 75.0 Å². The number of hydrogen-bond donors (Lipinski definition) is 1. The standard InChI is InChI=1S/C19H21N3O4/c1-20(2)22-17(24)15-16(26-12-13-6-4-3-5-7-13)14(23)8-11-21(15)19(9-10-19)18(22)25/h3-8,11,18,25H,9-10,12H2,1-2H3. The van der Waals surface area contributed by atoms with Crippen LogP contribution in [0.15, 0.2) is 47.4 Å². The summed E-state index contributed by atoms with van der Waals surface area (Å²) < 4.78 is 7.52. The summed E-state index contributed by atoms with van der Waals surface area (Å²) in [7, 11) is 3.39. The second-order valence-corrected chi connectivity index (χ2v) is 6.98. The predicted octanol–water partition coefficient (Wildman–Crippen LogP) is 1.17. The fourth-order valence-electron chi connectivity index (χ4n) is 3.56. The van der Waals surface area contributed by atoms with Gasteiger partial charge in [-0.3, -0.25) is 9.59 Å². The highest BCUT2D eigenvalue weighted by molar-refractivity contribution is 5.96. The van der Waals surface area contributed by atoms with Crippen LogP contribution in [0.5, 0.6) is 5.75 Å². The van der Waals surface area contributed by atoms with E-state index in [0.29, 0.717) is 0 Å². The minimum absolute atomic E-state index is 0.0337. The smallest absolute Gasteiger partial charge is 0.291 e. The highest BCUT2D eigenvalue weighted by Gasteiger charge is 2.59. The van der Waals surface area contributed by atoms with Crippen LogP contribution in [0.1, 0.15) is 28.9 Å². The van der Waals surface area contributed by atoms with E-state index in [1.54, 1.807) is 29.9 Å². The molecular formula is C19H21N3O4. The molecule has 2 aromatic rings. The van der Waals surface area contributed by atoms with E-state index in [2.05, 4.69) is 0 Å². The summed E-state index contributed by atoms with van der Waals surface area (Å²) in [6, 6.07) is 10.9. The molecule has 1 aromatic carbocycles. The molecule has 26 heavy (non-hydrogen) atoms. The maximum Gasteiger partial charge on any atom is 0.291 e. The number of nitrogens with zero attached hydrogens (tertiary/aromatic N) is 3. The van der Waals surface area contributed by atoms with Crippen LogP contribution in [0.4, 0.5) is 0 Å². The number of hydrogen-bond acceptors (Lipinski definition) is 5. The molecule has 1 aliphatic carbocycles. The third-order valence-electron chi connectivity index (χ3n) is 5.08. The molecule has 1 fully saturated rings. The van der Waals surface area contributed by atoms with E-state index in [4.69, 9.17) is 4.74 Å². The molecule has 1 unspecified atom stereocenters. The van der Waals surface area contributed by atoms with Gasteiger partial charge in [-0.05, 0) is 18.4 Å². The Morgan fingerprint density at radius 3 is 2.50 bits per heavy atom. The Bertz CT molecular complexity index is 903. The van der Waals surface area contributed by atoms with Crippen molar-refractivity contribution in [2.45, 2.75) is 31.2 Å². The van der Waals surface area contributed by atoms with Gasteiger partial charge in [0.25, 0.3) is 5.91 Å². The minimum atomic E-state index is -0.970. The van der Waals surface area contributed by atoms with Gasteiger partial charge in [-0.25, -0.2) is 10.0 Å². The summed E-state index contributed by atoms with van der Waals surface area (Å²) in [4.78, 5) is 25.5. The summed E-state index contributed by atoms with van der Waals surface area (Å²) in [5.41, 5.74) is 0.172. The van der Waals surface area contributed by atoms with Crippen molar-refractivity contribution in [2.75, 3.05) is 14.1 Å². The van der Waals surface area contributed by atoms with Crippen LogP contribution in [-0.4, -0.2) is 45.9 Å². The van der Waals surface area contributed by atoms with Crippen LogP contribution in [0, 0.1) is 0 Å². The fourth-order valence-corrected chi connectivity index (χ4v) is 3.56. The lowest BCUT2D eigenvalue weighted by atomic mass is 10.1. The maximum absolute atomic E-state index is 13.1. The normalized spacial score (nSPS) is 20.4. The molecule has 7 nitrogen and oxygen atoms in total. The minimum Gasteiger partial charge on any atom is -0.483 e. The number of benzene rings is 1. The Hall–Kier alpha value is -2.64. The van der Waals surface area contributed by atoms with Crippen molar-refractivity contribution in [1.29, 1.82) is 0 Å². The Morgan fingerprint density at radius 1 is 1.19 bits per heavy atom. The first kappa shape index (κ1) is 16.8. The molecule has 0 radical (unpaired) electrons. The van der Waals surface area contributed by atoms with Gasteiger partial charge < -0.3 is 14.4 Å². The number of aliphatic hydroxyl groups is 1. The zero-order chi connectivity index (χ0) is 18.5. The van der Waals surface area contributed by atoms with Crippen LogP contribution in [-0.2, 0) is 12.1 Å². The van der Waals surface area contributed by atoms with Gasteiger partial charge >= 0.3 is 0 Å². The Kier molecular flexibility index (Phi) is 3.86. The monoisotopic (exact) mass is 355 g/mol. The molecule has 1 saturated carbocycles. The van der Waals surface area contributed by atoms with E-state index in [0.717, 1.165) is 18.4 Å². The van der Waals surface area contributed by atoms with E-state index in [1.807, 2.05) is 30.3 Å². The SMILES string of the molecule is CN(C)N1C(=O)c2c(OCc3ccccc3)c(=O)ccn2C2(CC2)C1O. The van der Waals surface area contributed by atoms with Gasteiger partial charge in [-0.15, -0.1) is 0 Å². The van der Waals surface area contributed by atoms with Crippen molar-refractivity contribution >= 4 is 5.91 Å². The molecule has 1 aromatic heterocycles. The molecule has 136 valence electrons. The molecule has 7 heteroatoms. The highest BCUT2D eigenvalue weighted by Crippen LogP contribution is 2.51. The largest absolute Gasteiger partial charge is 0.483 e. The number of amides is 1. The summed E-state index contributed by atoms with van der Waals surface area (Å²) in [6.07, 6.45) is 2.09. The molecular weight excluding hydrogens is 334 g/mol. The van der Waals surface area contributed by atoms with E-state index in [-0.39, 0.29) is 23.5 Å². The summed E-state index contributed by atoms with van der Waals surface area (Å²) in [5, 5.41) is 13.6. The molecule has 1 spiro atoms. The lowest BCUT2D eigenvalue weighted by Gasteiger charge is -2.43. The van der Waals surface area contributed by atoms with Crippen LogP contribution in [0.25, 0.3) is 0 Å². The van der Waals surface area contributed by atoms with Crippen molar-refractivity contribution in [3.63, 3.8) is 0 Å². The molecule has 0 bridgehead atoms. The first-order chi connectivity index (χ1) is 12.5. The van der Waals surface area contributed by atoms with Crippen molar-refractivity contribution in [1.82, 2.24) is 14.6 Å². The maximum atomic E-state index is 13.1. The van der Waals surface area contributed by atoms with E-state index in [1.165, 1.54) is 11.1 Å². The van der Waals surface area contributed by atoms with Crippen molar-refractivity contribution in [3.05, 3.63) is 64.1 Å². The number of pyridine rings is 1. The van der Waals surface area contributed by atoms with Crippen molar-refractivity contribution in [2.24, 2.45) is 0 Å². The number of aliphatic hydroxyl groups excluding tert-OH is 1. The van der Waals surface area contributed by atoms with Gasteiger partial charge in [0.2, 0.25) is 5.43 Å². The van der Waals surface area contributed by atoms with Gasteiger partial charge in [-0.1, -0.05) is 30.3 Å². The Balaban J connectivity index is 1.79. The second-order valence-electron chi connectivity index (χ2n) is 6.98. The number of rotatable bonds is 4. The Labute approximate surface area is 151 Å². The zero-order valence-corrected chi connectivity index (χ0v) is 14.8. The number of carbonyl (C=O) groups is 1. The zero-order valence-electron chi connectivity index (χ0n) is 14.8. The van der Waals surface area contributed by atoms with Crippen LogP contribution >= 0.6 is 0 Å². The average Bonchev–Trinajstić information content (AvgIpc) is 3.41. The average molecular weight is 355 g/mol. The quantitative estimate of drug-likeness (QED) is 0.891. The number of ether oxygens (including phenoxy) is 1. The summed E-state index contributed by atoms with van der Waals surface area (Å²) >= 11 is 0. The van der Waals surface area contributed by atoms with Gasteiger partial charge in [0.15, 0.2) is 17.7 Å². The van der Waals surface area contributed by atoms with Crippen LogP contribution in [0.2, 0.25) is 0 Å². The summed E-state index contributed by atoms with van der Waals surface area (Å²) in [6.45, 7) is 0.192. The highest BCUT2D eigenvalue weighted by atomic mass is 16.5. The van der Waals surface area contributed by atoms with Crippen molar-refractivity contribution in [3.8, 4) is 5.75 Å². The first-order valence-electron chi connectivity index (χ1n) is 8.57. The molecule has 1 aliphatic heterocycles.